The summed E-state index contributed by atoms with van der Waals surface area (Å²) >= 11 is 0. The summed E-state index contributed by atoms with van der Waals surface area (Å²) in [5, 5.41) is 19.2. The fourth-order valence-corrected chi connectivity index (χ4v) is 2.40. The Kier molecular flexibility index (Phi) is 3.54. The molecule has 0 amide bonds. The van der Waals surface area contributed by atoms with E-state index >= 15 is 0 Å². The quantitative estimate of drug-likeness (QED) is 0.833. The maximum absolute atomic E-state index is 10.0. The van der Waals surface area contributed by atoms with Gasteiger partial charge in [0, 0.05) is 6.61 Å². The first-order chi connectivity index (χ1) is 8.19. The van der Waals surface area contributed by atoms with Crippen molar-refractivity contribution in [2.45, 2.75) is 18.9 Å². The summed E-state index contributed by atoms with van der Waals surface area (Å²) in [6.07, 6.45) is 0.832. The summed E-state index contributed by atoms with van der Waals surface area (Å²) in [6.45, 7) is 0.102. The van der Waals surface area contributed by atoms with E-state index in [9.17, 15) is 10.2 Å². The standard InChI is InChI=1S/C13H18O4/c1-16-12-5-9-3-8(7-14)4-11(15)10(9)6-13(12)17-2/h5-6,8,11,14-15H,3-4,7H2,1-2H3. The number of ether oxygens (including phenoxy) is 2. The molecule has 2 atom stereocenters. The molecule has 0 fully saturated rings. The predicted molar refractivity (Wildman–Crippen MR) is 63.4 cm³/mol. The number of methoxy groups -OCH3 is 2. The van der Waals surface area contributed by atoms with Gasteiger partial charge in [0.25, 0.3) is 0 Å². The number of benzene rings is 1. The van der Waals surface area contributed by atoms with Gasteiger partial charge in [-0.2, -0.15) is 0 Å². The zero-order chi connectivity index (χ0) is 12.4. The van der Waals surface area contributed by atoms with Crippen molar-refractivity contribution in [1.82, 2.24) is 0 Å². The van der Waals surface area contributed by atoms with Gasteiger partial charge in [-0.05, 0) is 42.0 Å². The predicted octanol–water partition coefficient (Wildman–Crippen LogP) is 1.29. The Hall–Kier alpha value is -1.26. The summed E-state index contributed by atoms with van der Waals surface area (Å²) in [7, 11) is 3.17. The van der Waals surface area contributed by atoms with E-state index in [2.05, 4.69) is 0 Å². The molecule has 0 heterocycles. The van der Waals surface area contributed by atoms with Gasteiger partial charge in [0.15, 0.2) is 11.5 Å². The lowest BCUT2D eigenvalue weighted by molar-refractivity contribution is 0.104. The average molecular weight is 238 g/mol. The molecule has 2 rings (SSSR count). The van der Waals surface area contributed by atoms with Crippen LogP contribution < -0.4 is 9.47 Å². The number of hydrogen-bond acceptors (Lipinski definition) is 4. The van der Waals surface area contributed by atoms with Crippen molar-refractivity contribution in [3.63, 3.8) is 0 Å². The average Bonchev–Trinajstić information content (AvgIpc) is 2.36. The Bertz CT molecular complexity index is 403. The van der Waals surface area contributed by atoms with Crippen molar-refractivity contribution in [1.29, 1.82) is 0 Å². The molecule has 94 valence electrons. The summed E-state index contributed by atoms with van der Waals surface area (Å²) in [6, 6.07) is 3.71. The van der Waals surface area contributed by atoms with Crippen LogP contribution in [0, 0.1) is 5.92 Å². The fourth-order valence-electron chi connectivity index (χ4n) is 2.40. The van der Waals surface area contributed by atoms with Gasteiger partial charge in [-0.25, -0.2) is 0 Å². The molecule has 0 saturated carbocycles. The highest BCUT2D eigenvalue weighted by Crippen LogP contribution is 2.39. The van der Waals surface area contributed by atoms with Crippen LogP contribution in [0.15, 0.2) is 12.1 Å². The van der Waals surface area contributed by atoms with Crippen LogP contribution in [-0.2, 0) is 6.42 Å². The third kappa shape index (κ3) is 2.23. The third-order valence-corrected chi connectivity index (χ3v) is 3.33. The van der Waals surface area contributed by atoms with Crippen LogP contribution in [0.4, 0.5) is 0 Å². The summed E-state index contributed by atoms with van der Waals surface area (Å²) < 4.78 is 10.5. The molecule has 0 aliphatic heterocycles. The maximum Gasteiger partial charge on any atom is 0.161 e. The smallest absolute Gasteiger partial charge is 0.161 e. The minimum atomic E-state index is -0.532. The number of aliphatic hydroxyl groups is 2. The zero-order valence-corrected chi connectivity index (χ0v) is 10.1. The highest BCUT2D eigenvalue weighted by molar-refractivity contribution is 5.49. The van der Waals surface area contributed by atoms with Crippen LogP contribution >= 0.6 is 0 Å². The van der Waals surface area contributed by atoms with Gasteiger partial charge in [0.05, 0.1) is 20.3 Å². The molecule has 0 spiro atoms. The molecule has 0 bridgehead atoms. The molecule has 2 unspecified atom stereocenters. The van der Waals surface area contributed by atoms with E-state index in [1.54, 1.807) is 14.2 Å². The van der Waals surface area contributed by atoms with Gasteiger partial charge in [-0.15, -0.1) is 0 Å². The van der Waals surface area contributed by atoms with Crippen molar-refractivity contribution >= 4 is 0 Å². The molecule has 4 nitrogen and oxygen atoms in total. The molecule has 4 heteroatoms. The molecule has 0 saturated heterocycles. The maximum atomic E-state index is 10.0. The van der Waals surface area contributed by atoms with Gasteiger partial charge in [0.2, 0.25) is 0 Å². The Morgan fingerprint density at radius 1 is 1.24 bits per heavy atom. The number of hydrogen-bond donors (Lipinski definition) is 2. The van der Waals surface area contributed by atoms with Crippen molar-refractivity contribution in [3.05, 3.63) is 23.3 Å². The molecule has 1 aliphatic rings. The monoisotopic (exact) mass is 238 g/mol. The van der Waals surface area contributed by atoms with Crippen molar-refractivity contribution in [2.75, 3.05) is 20.8 Å². The third-order valence-electron chi connectivity index (χ3n) is 3.33. The molecule has 0 aromatic heterocycles. The van der Waals surface area contributed by atoms with Crippen LogP contribution in [0.2, 0.25) is 0 Å². The van der Waals surface area contributed by atoms with E-state index in [1.165, 1.54) is 0 Å². The van der Waals surface area contributed by atoms with Crippen molar-refractivity contribution < 1.29 is 19.7 Å². The first kappa shape index (κ1) is 12.2. The minimum Gasteiger partial charge on any atom is -0.493 e. The highest BCUT2D eigenvalue weighted by atomic mass is 16.5. The lowest BCUT2D eigenvalue weighted by Crippen LogP contribution is -2.21. The SMILES string of the molecule is COc1cc2c(cc1OC)C(O)CC(CO)C2. The van der Waals surface area contributed by atoms with Gasteiger partial charge in [0.1, 0.15) is 0 Å². The van der Waals surface area contributed by atoms with Crippen LogP contribution in [0.25, 0.3) is 0 Å². The highest BCUT2D eigenvalue weighted by Gasteiger charge is 2.26. The van der Waals surface area contributed by atoms with Gasteiger partial charge in [-0.1, -0.05) is 0 Å². The fraction of sp³-hybridized carbons (Fsp3) is 0.538. The van der Waals surface area contributed by atoms with Crippen LogP contribution in [0.5, 0.6) is 11.5 Å². The Morgan fingerprint density at radius 2 is 1.88 bits per heavy atom. The Balaban J connectivity index is 2.42. The van der Waals surface area contributed by atoms with Crippen LogP contribution in [0.1, 0.15) is 23.7 Å². The number of aliphatic hydroxyl groups excluding tert-OH is 2. The van der Waals surface area contributed by atoms with Crippen molar-refractivity contribution in [3.8, 4) is 11.5 Å². The second-order valence-electron chi connectivity index (χ2n) is 4.41. The first-order valence-corrected chi connectivity index (χ1v) is 5.73. The summed E-state index contributed by atoms with van der Waals surface area (Å²) in [5.41, 5.74) is 1.91. The van der Waals surface area contributed by atoms with E-state index in [0.717, 1.165) is 17.5 Å². The van der Waals surface area contributed by atoms with E-state index in [0.29, 0.717) is 17.9 Å². The largest absolute Gasteiger partial charge is 0.493 e. The van der Waals surface area contributed by atoms with E-state index in [1.807, 2.05) is 12.1 Å². The van der Waals surface area contributed by atoms with Gasteiger partial charge in [-0.3, -0.25) is 0 Å². The zero-order valence-electron chi connectivity index (χ0n) is 10.1. The molecule has 1 aromatic rings. The minimum absolute atomic E-state index is 0.102. The lowest BCUT2D eigenvalue weighted by Gasteiger charge is -2.28. The second-order valence-corrected chi connectivity index (χ2v) is 4.41. The van der Waals surface area contributed by atoms with Crippen LogP contribution in [0.3, 0.4) is 0 Å². The number of rotatable bonds is 3. The van der Waals surface area contributed by atoms with Gasteiger partial charge < -0.3 is 19.7 Å². The van der Waals surface area contributed by atoms with E-state index in [4.69, 9.17) is 9.47 Å². The Labute approximate surface area is 101 Å². The van der Waals surface area contributed by atoms with E-state index in [-0.39, 0.29) is 12.5 Å². The second kappa shape index (κ2) is 4.94. The molecular weight excluding hydrogens is 220 g/mol. The normalized spacial score (nSPS) is 23.1. The molecule has 1 aliphatic carbocycles. The molecular formula is C13H18O4. The van der Waals surface area contributed by atoms with Crippen LogP contribution in [-0.4, -0.2) is 31.0 Å². The lowest BCUT2D eigenvalue weighted by atomic mass is 9.82. The van der Waals surface area contributed by atoms with Gasteiger partial charge >= 0.3 is 0 Å². The molecule has 2 N–H and O–H groups in total. The molecule has 1 aromatic carbocycles. The van der Waals surface area contributed by atoms with Crippen molar-refractivity contribution in [2.24, 2.45) is 5.92 Å². The molecule has 0 radical (unpaired) electrons. The number of fused-ring (bicyclic) bond motifs is 1. The summed E-state index contributed by atoms with van der Waals surface area (Å²) in [5.74, 6) is 1.42. The first-order valence-electron chi connectivity index (χ1n) is 5.73. The Morgan fingerprint density at radius 3 is 2.47 bits per heavy atom. The summed E-state index contributed by atoms with van der Waals surface area (Å²) in [4.78, 5) is 0. The van der Waals surface area contributed by atoms with E-state index < -0.39 is 6.10 Å². The molecule has 17 heavy (non-hydrogen) atoms. The topological polar surface area (TPSA) is 58.9 Å².